The van der Waals surface area contributed by atoms with Crippen LogP contribution < -0.4 is 14.2 Å². The molecule has 0 fully saturated rings. The van der Waals surface area contributed by atoms with Crippen molar-refractivity contribution in [1.82, 2.24) is 4.98 Å². The SMILES string of the molecule is C=C(C)C(=O)OCCCCCCCCCOc1ccc(C(=O)Oc2ccc(-c3ccc(OCCC)cn3)cc2)cc1. The summed E-state index contributed by atoms with van der Waals surface area (Å²) in [7, 11) is 0. The number of aromatic nitrogens is 1. The lowest BCUT2D eigenvalue weighted by Crippen LogP contribution is -2.08. The molecule has 0 aliphatic heterocycles. The summed E-state index contributed by atoms with van der Waals surface area (Å²) in [5.74, 6) is 1.21. The van der Waals surface area contributed by atoms with E-state index in [1.165, 1.54) is 0 Å². The number of pyridine rings is 1. The third kappa shape index (κ3) is 11.5. The fourth-order valence-corrected chi connectivity index (χ4v) is 3.97. The maximum absolute atomic E-state index is 12.6. The van der Waals surface area contributed by atoms with Gasteiger partial charge in [0.1, 0.15) is 17.2 Å². The van der Waals surface area contributed by atoms with Crippen molar-refractivity contribution in [3.8, 4) is 28.5 Å². The Morgan fingerprint density at radius 3 is 1.90 bits per heavy atom. The van der Waals surface area contributed by atoms with E-state index in [4.69, 9.17) is 18.9 Å². The molecule has 0 saturated heterocycles. The van der Waals surface area contributed by atoms with Gasteiger partial charge in [0, 0.05) is 11.1 Å². The van der Waals surface area contributed by atoms with Crippen LogP contribution in [0, 0.1) is 0 Å². The largest absolute Gasteiger partial charge is 0.494 e. The molecule has 0 bridgehead atoms. The summed E-state index contributed by atoms with van der Waals surface area (Å²) in [6, 6.07) is 18.1. The monoisotopic (exact) mass is 559 g/mol. The maximum atomic E-state index is 12.6. The molecule has 1 aromatic heterocycles. The predicted molar refractivity (Wildman–Crippen MR) is 160 cm³/mol. The smallest absolute Gasteiger partial charge is 0.343 e. The van der Waals surface area contributed by atoms with E-state index in [0.29, 0.717) is 36.7 Å². The number of benzene rings is 2. The van der Waals surface area contributed by atoms with Gasteiger partial charge in [-0.25, -0.2) is 9.59 Å². The third-order valence-electron chi connectivity index (χ3n) is 6.30. The quantitative estimate of drug-likeness (QED) is 0.0676. The molecule has 41 heavy (non-hydrogen) atoms. The lowest BCUT2D eigenvalue weighted by Gasteiger charge is -2.09. The average molecular weight is 560 g/mol. The summed E-state index contributed by atoms with van der Waals surface area (Å²) in [5, 5.41) is 0. The van der Waals surface area contributed by atoms with Crippen molar-refractivity contribution in [3.63, 3.8) is 0 Å². The lowest BCUT2D eigenvalue weighted by atomic mass is 10.1. The Morgan fingerprint density at radius 2 is 1.29 bits per heavy atom. The Morgan fingerprint density at radius 1 is 0.707 bits per heavy atom. The van der Waals surface area contributed by atoms with Crippen molar-refractivity contribution < 1.29 is 28.5 Å². The summed E-state index contributed by atoms with van der Waals surface area (Å²) in [5.41, 5.74) is 2.64. The number of carbonyl (C=O) groups is 2. The van der Waals surface area contributed by atoms with Crippen LogP contribution in [0.25, 0.3) is 11.3 Å². The van der Waals surface area contributed by atoms with Crippen LogP contribution >= 0.6 is 0 Å². The number of carbonyl (C=O) groups excluding carboxylic acids is 2. The second kappa shape index (κ2) is 17.5. The molecule has 0 aliphatic carbocycles. The molecule has 3 aromatic rings. The van der Waals surface area contributed by atoms with Crippen LogP contribution in [0.4, 0.5) is 0 Å². The van der Waals surface area contributed by atoms with Gasteiger partial charge >= 0.3 is 11.9 Å². The highest BCUT2D eigenvalue weighted by Crippen LogP contribution is 2.23. The van der Waals surface area contributed by atoms with E-state index in [0.717, 1.165) is 74.1 Å². The van der Waals surface area contributed by atoms with E-state index in [-0.39, 0.29) is 5.97 Å². The van der Waals surface area contributed by atoms with Crippen molar-refractivity contribution in [2.24, 2.45) is 0 Å². The average Bonchev–Trinajstić information content (AvgIpc) is 2.99. The normalized spacial score (nSPS) is 10.6. The minimum atomic E-state index is -0.422. The first-order chi connectivity index (χ1) is 20.0. The minimum absolute atomic E-state index is 0.310. The van der Waals surface area contributed by atoms with E-state index in [2.05, 4.69) is 18.5 Å². The Balaban J connectivity index is 1.30. The molecule has 0 aliphatic rings. The van der Waals surface area contributed by atoms with E-state index in [1.807, 2.05) is 24.3 Å². The van der Waals surface area contributed by atoms with Crippen LogP contribution in [0.5, 0.6) is 17.2 Å². The molecule has 0 spiro atoms. The fraction of sp³-hybridized carbons (Fsp3) is 0.382. The molecule has 7 nitrogen and oxygen atoms in total. The van der Waals surface area contributed by atoms with Crippen molar-refractivity contribution in [2.75, 3.05) is 19.8 Å². The highest BCUT2D eigenvalue weighted by Gasteiger charge is 2.10. The summed E-state index contributed by atoms with van der Waals surface area (Å²) < 4.78 is 22.0. The van der Waals surface area contributed by atoms with Crippen LogP contribution in [0.3, 0.4) is 0 Å². The summed E-state index contributed by atoms with van der Waals surface area (Å²) in [4.78, 5) is 28.3. The zero-order valence-corrected chi connectivity index (χ0v) is 24.2. The number of esters is 2. The van der Waals surface area contributed by atoms with Crippen molar-refractivity contribution >= 4 is 11.9 Å². The Hall–Kier alpha value is -4.13. The standard InChI is InChI=1S/C34H41NO6/c1-4-22-38-31-20-21-32(35-25-31)27-12-18-30(19-13-27)41-34(37)28-14-16-29(17-15-28)39-23-10-8-6-5-7-9-11-24-40-33(36)26(2)3/h12-21,25H,2,4-11,22-24H2,1,3H3. The van der Waals surface area contributed by atoms with Gasteiger partial charge in [-0.05, 0) is 86.8 Å². The fourth-order valence-electron chi connectivity index (χ4n) is 3.97. The zero-order valence-electron chi connectivity index (χ0n) is 24.2. The van der Waals surface area contributed by atoms with Crippen molar-refractivity contribution in [2.45, 2.75) is 65.2 Å². The summed E-state index contributed by atoms with van der Waals surface area (Å²) in [6.07, 6.45) is 10.1. The molecule has 1 heterocycles. The zero-order chi connectivity index (χ0) is 29.3. The number of hydrogen-bond donors (Lipinski definition) is 0. The third-order valence-corrected chi connectivity index (χ3v) is 6.30. The minimum Gasteiger partial charge on any atom is -0.494 e. The van der Waals surface area contributed by atoms with E-state index >= 15 is 0 Å². The Labute approximate surface area is 243 Å². The van der Waals surface area contributed by atoms with Gasteiger partial charge in [-0.3, -0.25) is 4.98 Å². The molecule has 0 saturated carbocycles. The molecule has 0 N–H and O–H groups in total. The van der Waals surface area contributed by atoms with Crippen molar-refractivity contribution in [1.29, 1.82) is 0 Å². The lowest BCUT2D eigenvalue weighted by molar-refractivity contribution is -0.139. The maximum Gasteiger partial charge on any atom is 0.343 e. The van der Waals surface area contributed by atoms with Gasteiger partial charge in [0.25, 0.3) is 0 Å². The van der Waals surface area contributed by atoms with Crippen LogP contribution in [0.1, 0.15) is 75.6 Å². The number of unbranched alkanes of at least 4 members (excludes halogenated alkanes) is 6. The number of ether oxygens (including phenoxy) is 4. The molecule has 0 radical (unpaired) electrons. The first-order valence-corrected chi connectivity index (χ1v) is 14.4. The first kappa shape index (κ1) is 31.4. The number of hydrogen-bond acceptors (Lipinski definition) is 7. The second-order valence-corrected chi connectivity index (χ2v) is 9.91. The topological polar surface area (TPSA) is 84.0 Å². The number of rotatable bonds is 18. The van der Waals surface area contributed by atoms with Gasteiger partial charge in [-0.15, -0.1) is 0 Å². The van der Waals surface area contributed by atoms with Gasteiger partial charge in [0.15, 0.2) is 0 Å². The van der Waals surface area contributed by atoms with Gasteiger partial charge < -0.3 is 18.9 Å². The molecule has 0 amide bonds. The molecule has 0 unspecified atom stereocenters. The highest BCUT2D eigenvalue weighted by atomic mass is 16.5. The summed E-state index contributed by atoms with van der Waals surface area (Å²) in [6.45, 7) is 9.05. The summed E-state index contributed by atoms with van der Waals surface area (Å²) >= 11 is 0. The molecule has 0 atom stereocenters. The Bertz CT molecular complexity index is 1220. The van der Waals surface area contributed by atoms with Gasteiger partial charge in [-0.2, -0.15) is 0 Å². The van der Waals surface area contributed by atoms with Gasteiger partial charge in [0.05, 0.1) is 37.3 Å². The molecule has 3 rings (SSSR count). The molecule has 2 aromatic carbocycles. The van der Waals surface area contributed by atoms with E-state index in [9.17, 15) is 9.59 Å². The highest BCUT2D eigenvalue weighted by molar-refractivity contribution is 5.91. The molecular weight excluding hydrogens is 518 g/mol. The van der Waals surface area contributed by atoms with Gasteiger partial charge in [-0.1, -0.05) is 45.6 Å². The van der Waals surface area contributed by atoms with Crippen LogP contribution in [-0.4, -0.2) is 36.7 Å². The van der Waals surface area contributed by atoms with Crippen LogP contribution in [0.2, 0.25) is 0 Å². The van der Waals surface area contributed by atoms with Gasteiger partial charge in [0.2, 0.25) is 0 Å². The van der Waals surface area contributed by atoms with E-state index in [1.54, 1.807) is 49.5 Å². The van der Waals surface area contributed by atoms with Crippen LogP contribution in [-0.2, 0) is 9.53 Å². The molecule has 218 valence electrons. The second-order valence-electron chi connectivity index (χ2n) is 9.91. The first-order valence-electron chi connectivity index (χ1n) is 14.4. The van der Waals surface area contributed by atoms with E-state index < -0.39 is 5.97 Å². The van der Waals surface area contributed by atoms with Crippen LogP contribution in [0.15, 0.2) is 79.0 Å². The Kier molecular flexibility index (Phi) is 13.4. The predicted octanol–water partition coefficient (Wildman–Crippen LogP) is 7.99. The number of nitrogens with zero attached hydrogens (tertiary/aromatic N) is 1. The molecule has 7 heteroatoms. The van der Waals surface area contributed by atoms with Crippen molar-refractivity contribution in [3.05, 3.63) is 84.6 Å². The molecular formula is C34H41NO6.